The van der Waals surface area contributed by atoms with Crippen LogP contribution < -0.4 is 10.9 Å². The summed E-state index contributed by atoms with van der Waals surface area (Å²) in [5.74, 6) is -2.70. The van der Waals surface area contributed by atoms with Crippen molar-refractivity contribution in [2.45, 2.75) is 50.9 Å². The Morgan fingerprint density at radius 1 is 1.14 bits per heavy atom. The Bertz CT molecular complexity index is 1400. The number of carbonyl (C=O) groups is 2. The Labute approximate surface area is 246 Å². The number of fused-ring (bicyclic) bond motifs is 1. The summed E-state index contributed by atoms with van der Waals surface area (Å²) in [6.45, 7) is 3.40. The molecular weight excluding hydrogens is 577 g/mol. The number of hydrogen-bond acceptors (Lipinski definition) is 6. The summed E-state index contributed by atoms with van der Waals surface area (Å²) >= 11 is 6.05. The molecule has 2 aromatic carbocycles. The normalized spacial score (nSPS) is 15.3. The molecule has 13 heteroatoms. The predicted molar refractivity (Wildman–Crippen MR) is 153 cm³/mol. The van der Waals surface area contributed by atoms with Crippen LogP contribution in [0.25, 0.3) is 10.8 Å². The number of aromatic nitrogens is 2. The number of alkyl halides is 3. The van der Waals surface area contributed by atoms with E-state index in [-0.39, 0.29) is 17.5 Å². The molecule has 0 unspecified atom stereocenters. The van der Waals surface area contributed by atoms with Crippen LogP contribution in [0.2, 0.25) is 5.02 Å². The molecule has 9 nitrogen and oxygen atoms in total. The fourth-order valence-electron chi connectivity index (χ4n) is 4.73. The van der Waals surface area contributed by atoms with Crippen molar-refractivity contribution >= 4 is 34.2 Å². The van der Waals surface area contributed by atoms with Gasteiger partial charge in [0.15, 0.2) is 0 Å². The van der Waals surface area contributed by atoms with Gasteiger partial charge in [0.05, 0.1) is 17.6 Å². The van der Waals surface area contributed by atoms with Crippen LogP contribution in [0.15, 0.2) is 53.3 Å². The second-order valence-corrected chi connectivity index (χ2v) is 10.3. The van der Waals surface area contributed by atoms with E-state index in [2.05, 4.69) is 10.2 Å². The first-order chi connectivity index (χ1) is 20.0. The second-order valence-electron chi connectivity index (χ2n) is 9.86. The van der Waals surface area contributed by atoms with Crippen LogP contribution >= 0.6 is 11.6 Å². The third-order valence-electron chi connectivity index (χ3n) is 6.83. The van der Waals surface area contributed by atoms with Crippen molar-refractivity contribution in [3.63, 3.8) is 0 Å². The van der Waals surface area contributed by atoms with Gasteiger partial charge in [0, 0.05) is 56.1 Å². The van der Waals surface area contributed by atoms with E-state index in [1.165, 1.54) is 0 Å². The van der Waals surface area contributed by atoms with Gasteiger partial charge in [-0.3, -0.25) is 14.5 Å². The van der Waals surface area contributed by atoms with Gasteiger partial charge in [-0.05, 0) is 49.6 Å². The van der Waals surface area contributed by atoms with E-state index in [0.29, 0.717) is 49.5 Å². The van der Waals surface area contributed by atoms with Gasteiger partial charge in [0.2, 0.25) is 5.91 Å². The summed E-state index contributed by atoms with van der Waals surface area (Å²) in [6, 6.07) is 15.6. The number of aliphatic carboxylic acids is 1. The summed E-state index contributed by atoms with van der Waals surface area (Å²) < 4.78 is 38.4. The predicted octanol–water partition coefficient (Wildman–Crippen LogP) is 4.28. The zero-order chi connectivity index (χ0) is 30.7. The molecule has 1 aliphatic rings. The van der Waals surface area contributed by atoms with Crippen LogP contribution in [0.3, 0.4) is 0 Å². The number of nitrogens with zero attached hydrogens (tertiary/aromatic N) is 3. The van der Waals surface area contributed by atoms with E-state index in [0.717, 1.165) is 42.5 Å². The number of carboxylic acid groups (broad SMARTS) is 1. The average Bonchev–Trinajstić information content (AvgIpc) is 3.40. The average molecular weight is 611 g/mol. The summed E-state index contributed by atoms with van der Waals surface area (Å²) in [5.41, 5.74) is 1.90. The van der Waals surface area contributed by atoms with Gasteiger partial charge in [0.1, 0.15) is 0 Å². The van der Waals surface area contributed by atoms with Gasteiger partial charge in [-0.2, -0.15) is 18.3 Å². The maximum Gasteiger partial charge on any atom is 0.490 e. The molecule has 1 saturated heterocycles. The molecule has 1 fully saturated rings. The van der Waals surface area contributed by atoms with Crippen molar-refractivity contribution < 1.29 is 32.6 Å². The fraction of sp³-hybridized carbons (Fsp3) is 0.448. The molecule has 42 heavy (non-hydrogen) atoms. The van der Waals surface area contributed by atoms with Crippen LogP contribution in [0.1, 0.15) is 36.9 Å². The number of ether oxygens (including phenoxy) is 1. The number of halogens is 4. The summed E-state index contributed by atoms with van der Waals surface area (Å²) in [6.07, 6.45) is -1.16. The number of amides is 1. The summed E-state index contributed by atoms with van der Waals surface area (Å²) in [4.78, 5) is 36.7. The van der Waals surface area contributed by atoms with Crippen LogP contribution in [0.4, 0.5) is 13.2 Å². The zero-order valence-corrected chi connectivity index (χ0v) is 24.0. The van der Waals surface area contributed by atoms with E-state index in [4.69, 9.17) is 31.3 Å². The molecule has 0 radical (unpaired) electrons. The number of nitrogens with one attached hydrogen (secondary N) is 1. The minimum Gasteiger partial charge on any atom is -0.475 e. The highest BCUT2D eigenvalue weighted by Gasteiger charge is 2.38. The van der Waals surface area contributed by atoms with Crippen molar-refractivity contribution in [1.29, 1.82) is 0 Å². The standard InChI is InChI=1S/C27H33ClN4O3.C2HF3O2/c1-35-17-5-14-29-26(33)13-16-31-15-4-6-22(31)19-32-27(34)24-8-3-2-7-23(24)25(30-32)18-20-9-11-21(28)12-10-20;3-2(4,5)1(6)7/h2-3,7-12,22H,4-6,13-19H2,1H3,(H,29,33);(H,6,7)/t22-;/m1./s1. The third kappa shape index (κ3) is 9.81. The topological polar surface area (TPSA) is 114 Å². The maximum absolute atomic E-state index is 13.3. The molecule has 1 atom stereocenters. The van der Waals surface area contributed by atoms with Gasteiger partial charge in [0.25, 0.3) is 5.56 Å². The van der Waals surface area contributed by atoms with Gasteiger partial charge in [-0.15, -0.1) is 0 Å². The van der Waals surface area contributed by atoms with Crippen molar-refractivity contribution in [3.8, 4) is 0 Å². The highest BCUT2D eigenvalue weighted by atomic mass is 35.5. The van der Waals surface area contributed by atoms with Crippen molar-refractivity contribution in [3.05, 3.63) is 75.2 Å². The lowest BCUT2D eigenvalue weighted by molar-refractivity contribution is -0.192. The highest BCUT2D eigenvalue weighted by molar-refractivity contribution is 6.30. The number of hydrogen-bond donors (Lipinski definition) is 2. The molecule has 1 aromatic heterocycles. The van der Waals surface area contributed by atoms with Crippen LogP contribution in [-0.2, 0) is 27.3 Å². The Hall–Kier alpha value is -3.48. The Balaban J connectivity index is 0.000000616. The fourth-order valence-corrected chi connectivity index (χ4v) is 4.85. The van der Waals surface area contributed by atoms with Gasteiger partial charge >= 0.3 is 12.1 Å². The third-order valence-corrected chi connectivity index (χ3v) is 7.08. The first-order valence-electron chi connectivity index (χ1n) is 13.5. The van der Waals surface area contributed by atoms with Gasteiger partial charge in [-0.25, -0.2) is 9.48 Å². The molecule has 2 N–H and O–H groups in total. The molecule has 1 amide bonds. The van der Waals surface area contributed by atoms with Crippen molar-refractivity contribution in [1.82, 2.24) is 20.0 Å². The summed E-state index contributed by atoms with van der Waals surface area (Å²) in [7, 11) is 1.66. The lowest BCUT2D eigenvalue weighted by atomic mass is 10.0. The molecule has 1 aliphatic heterocycles. The monoisotopic (exact) mass is 610 g/mol. The Morgan fingerprint density at radius 3 is 2.45 bits per heavy atom. The SMILES string of the molecule is COCCCNC(=O)CCN1CCC[C@@H]1Cn1nc(Cc2ccc(Cl)cc2)c2ccccc2c1=O.O=C(O)C(F)(F)F. The minimum atomic E-state index is -5.08. The van der Waals surface area contributed by atoms with E-state index in [1.54, 1.807) is 11.8 Å². The molecule has 2 heterocycles. The second kappa shape index (κ2) is 15.7. The number of rotatable bonds is 11. The number of carbonyl (C=O) groups excluding carboxylic acids is 1. The van der Waals surface area contributed by atoms with E-state index in [9.17, 15) is 22.8 Å². The molecule has 0 bridgehead atoms. The quantitative estimate of drug-likeness (QED) is 0.312. The van der Waals surface area contributed by atoms with Crippen molar-refractivity contribution in [2.24, 2.45) is 0 Å². The minimum absolute atomic E-state index is 0.0537. The lowest BCUT2D eigenvalue weighted by Crippen LogP contribution is -2.39. The maximum atomic E-state index is 13.3. The largest absolute Gasteiger partial charge is 0.490 e. The van der Waals surface area contributed by atoms with Crippen LogP contribution in [-0.4, -0.2) is 77.2 Å². The molecule has 0 saturated carbocycles. The molecule has 4 rings (SSSR count). The van der Waals surface area contributed by atoms with Gasteiger partial charge < -0.3 is 15.2 Å². The molecular formula is C29H34ClF3N4O5. The summed E-state index contributed by atoms with van der Waals surface area (Å²) in [5, 5.41) is 17.2. The van der Waals surface area contributed by atoms with Crippen LogP contribution in [0.5, 0.6) is 0 Å². The lowest BCUT2D eigenvalue weighted by Gasteiger charge is -2.25. The van der Waals surface area contributed by atoms with E-state index >= 15 is 0 Å². The highest BCUT2D eigenvalue weighted by Crippen LogP contribution is 2.21. The number of methoxy groups -OCH3 is 1. The van der Waals surface area contributed by atoms with Crippen molar-refractivity contribution in [2.75, 3.05) is 33.4 Å². The molecule has 228 valence electrons. The smallest absolute Gasteiger partial charge is 0.475 e. The molecule has 3 aromatic rings. The zero-order valence-electron chi connectivity index (χ0n) is 23.2. The first kappa shape index (κ1) is 33.0. The molecule has 0 aliphatic carbocycles. The number of likely N-dealkylation sites (tertiary alicyclic amines) is 1. The van der Waals surface area contributed by atoms with Gasteiger partial charge in [-0.1, -0.05) is 41.9 Å². The van der Waals surface area contributed by atoms with E-state index in [1.807, 2.05) is 48.5 Å². The molecule has 0 spiro atoms. The Morgan fingerprint density at radius 2 is 1.81 bits per heavy atom. The Kier molecular flexibility index (Phi) is 12.3. The number of carboxylic acids is 1. The van der Waals surface area contributed by atoms with E-state index < -0.39 is 12.1 Å². The number of benzene rings is 2. The first-order valence-corrected chi connectivity index (χ1v) is 13.9. The van der Waals surface area contributed by atoms with Crippen LogP contribution in [0, 0.1) is 0 Å².